The number of hydrogen-bond donors (Lipinski definition) is 0. The maximum Gasteiger partial charge on any atom is 0.0903 e. The van der Waals surface area contributed by atoms with Crippen LogP contribution in [0, 0.1) is 20.8 Å². The van der Waals surface area contributed by atoms with E-state index in [1.54, 1.807) is 11.3 Å². The second-order valence-corrected chi connectivity index (χ2v) is 4.54. The highest BCUT2D eigenvalue weighted by Gasteiger charge is 2.06. The van der Waals surface area contributed by atoms with Crippen molar-refractivity contribution in [1.29, 1.82) is 0 Å². The fourth-order valence-corrected chi connectivity index (χ4v) is 2.31. The van der Waals surface area contributed by atoms with Crippen molar-refractivity contribution in [3.63, 3.8) is 0 Å². The quantitative estimate of drug-likeness (QED) is 0.713. The summed E-state index contributed by atoms with van der Waals surface area (Å²) in [5.74, 6) is 0. The summed E-state index contributed by atoms with van der Waals surface area (Å²) in [6, 6.07) is 4.13. The number of aryl methyl sites for hydroxylation is 3. The van der Waals surface area contributed by atoms with Gasteiger partial charge in [0.05, 0.1) is 15.6 Å². The maximum absolute atomic E-state index is 4.40. The first-order valence-electron chi connectivity index (χ1n) is 4.54. The Bertz CT molecular complexity index is 443. The molecule has 0 aliphatic heterocycles. The Morgan fingerprint density at radius 3 is 2.43 bits per heavy atom. The number of aromatic nitrogens is 2. The topological polar surface area (TPSA) is 25.8 Å². The third-order valence-corrected chi connectivity index (χ3v) is 3.20. The molecule has 2 aromatic rings. The zero-order valence-electron chi connectivity index (χ0n) is 8.53. The molecule has 0 aromatic carbocycles. The number of hydrogen-bond acceptors (Lipinski definition) is 3. The Balaban J connectivity index is 2.49. The van der Waals surface area contributed by atoms with Crippen LogP contribution in [0.4, 0.5) is 0 Å². The van der Waals surface area contributed by atoms with Gasteiger partial charge < -0.3 is 0 Å². The number of pyridine rings is 1. The molecular weight excluding hydrogens is 192 g/mol. The largest absolute Gasteiger partial charge is 0.261 e. The van der Waals surface area contributed by atoms with Crippen molar-refractivity contribution < 1.29 is 0 Å². The van der Waals surface area contributed by atoms with Gasteiger partial charge in [-0.05, 0) is 26.8 Å². The highest BCUT2D eigenvalue weighted by Crippen LogP contribution is 2.28. The second kappa shape index (κ2) is 3.50. The lowest BCUT2D eigenvalue weighted by Gasteiger charge is -1.98. The predicted molar refractivity (Wildman–Crippen MR) is 59.6 cm³/mol. The molecule has 72 valence electrons. The minimum Gasteiger partial charge on any atom is -0.261 e. The lowest BCUT2D eigenvalue weighted by molar-refractivity contribution is 1.18. The molecule has 2 aromatic heterocycles. The molecule has 0 N–H and O–H groups in total. The maximum atomic E-state index is 4.40. The van der Waals surface area contributed by atoms with Gasteiger partial charge in [0.15, 0.2) is 0 Å². The van der Waals surface area contributed by atoms with E-state index < -0.39 is 0 Å². The van der Waals surface area contributed by atoms with Gasteiger partial charge in [-0.15, -0.1) is 11.3 Å². The lowest BCUT2D eigenvalue weighted by Crippen LogP contribution is -1.82. The number of nitrogens with zero attached hydrogens (tertiary/aromatic N) is 2. The van der Waals surface area contributed by atoms with Crippen molar-refractivity contribution in [3.8, 4) is 10.4 Å². The number of rotatable bonds is 1. The van der Waals surface area contributed by atoms with Crippen molar-refractivity contribution >= 4 is 11.3 Å². The minimum absolute atomic E-state index is 1.05. The first-order chi connectivity index (χ1) is 6.66. The molecule has 2 rings (SSSR count). The van der Waals surface area contributed by atoms with Crippen LogP contribution in [0.15, 0.2) is 18.3 Å². The van der Waals surface area contributed by atoms with E-state index in [2.05, 4.69) is 16.0 Å². The van der Waals surface area contributed by atoms with Crippen LogP contribution in [0.3, 0.4) is 0 Å². The molecule has 3 heteroatoms. The molecule has 0 aliphatic rings. The van der Waals surface area contributed by atoms with E-state index in [0.29, 0.717) is 0 Å². The van der Waals surface area contributed by atoms with Crippen LogP contribution in [0.2, 0.25) is 0 Å². The van der Waals surface area contributed by atoms with E-state index >= 15 is 0 Å². The van der Waals surface area contributed by atoms with Gasteiger partial charge in [0.2, 0.25) is 0 Å². The summed E-state index contributed by atoms with van der Waals surface area (Å²) in [6.07, 6.45) is 1.91. The Hall–Kier alpha value is -1.22. The summed E-state index contributed by atoms with van der Waals surface area (Å²) >= 11 is 1.72. The van der Waals surface area contributed by atoms with Gasteiger partial charge in [-0.2, -0.15) is 0 Å². The van der Waals surface area contributed by atoms with Gasteiger partial charge in [0, 0.05) is 17.5 Å². The Morgan fingerprint density at radius 1 is 1.14 bits per heavy atom. The van der Waals surface area contributed by atoms with E-state index in [-0.39, 0.29) is 0 Å². The van der Waals surface area contributed by atoms with Crippen LogP contribution in [0.1, 0.15) is 16.4 Å². The Morgan fingerprint density at radius 2 is 1.93 bits per heavy atom. The lowest BCUT2D eigenvalue weighted by atomic mass is 10.2. The molecule has 0 fully saturated rings. The van der Waals surface area contributed by atoms with E-state index in [0.717, 1.165) is 16.4 Å². The average molecular weight is 204 g/mol. The van der Waals surface area contributed by atoms with E-state index in [1.165, 1.54) is 10.4 Å². The monoisotopic (exact) mass is 204 g/mol. The number of thiazole rings is 1. The van der Waals surface area contributed by atoms with Gasteiger partial charge in [-0.25, -0.2) is 4.98 Å². The summed E-state index contributed by atoms with van der Waals surface area (Å²) in [6.45, 7) is 6.07. The SMILES string of the molecule is Cc1ccc(-c2sc(C)nc2C)cn1. The molecular formula is C11H12N2S. The fourth-order valence-electron chi connectivity index (χ4n) is 1.40. The third kappa shape index (κ3) is 1.68. The summed E-state index contributed by atoms with van der Waals surface area (Å²) in [5, 5.41) is 1.11. The molecule has 0 aliphatic carbocycles. The molecule has 2 heterocycles. The average Bonchev–Trinajstić information content (AvgIpc) is 2.47. The van der Waals surface area contributed by atoms with Crippen molar-refractivity contribution in [2.75, 3.05) is 0 Å². The fraction of sp³-hybridized carbons (Fsp3) is 0.273. The second-order valence-electron chi connectivity index (χ2n) is 3.34. The van der Waals surface area contributed by atoms with E-state index in [1.807, 2.05) is 33.0 Å². The molecule has 0 radical (unpaired) electrons. The molecule has 0 unspecified atom stereocenters. The normalized spacial score (nSPS) is 10.5. The molecule has 0 amide bonds. The van der Waals surface area contributed by atoms with Crippen molar-refractivity contribution in [3.05, 3.63) is 34.7 Å². The van der Waals surface area contributed by atoms with Crippen LogP contribution in [-0.2, 0) is 0 Å². The molecule has 0 saturated heterocycles. The predicted octanol–water partition coefficient (Wildman–Crippen LogP) is 3.13. The summed E-state index contributed by atoms with van der Waals surface area (Å²) in [5.41, 5.74) is 3.31. The first kappa shape index (κ1) is 9.34. The van der Waals surface area contributed by atoms with Crippen molar-refractivity contribution in [2.45, 2.75) is 20.8 Å². The summed E-state index contributed by atoms with van der Waals surface area (Å²) in [4.78, 5) is 9.92. The van der Waals surface area contributed by atoms with Gasteiger partial charge in [-0.1, -0.05) is 6.07 Å². The van der Waals surface area contributed by atoms with Crippen LogP contribution >= 0.6 is 11.3 Å². The van der Waals surface area contributed by atoms with Gasteiger partial charge in [0.1, 0.15) is 0 Å². The standard InChI is InChI=1S/C11H12N2S/c1-7-4-5-10(6-12-7)11-8(2)13-9(3)14-11/h4-6H,1-3H3. The van der Waals surface area contributed by atoms with Crippen LogP contribution in [0.25, 0.3) is 10.4 Å². The van der Waals surface area contributed by atoms with Crippen LogP contribution in [0.5, 0.6) is 0 Å². The smallest absolute Gasteiger partial charge is 0.0903 e. The van der Waals surface area contributed by atoms with Crippen LogP contribution < -0.4 is 0 Å². The Labute approximate surface area is 87.7 Å². The van der Waals surface area contributed by atoms with Crippen molar-refractivity contribution in [1.82, 2.24) is 9.97 Å². The van der Waals surface area contributed by atoms with Crippen molar-refractivity contribution in [2.24, 2.45) is 0 Å². The molecule has 14 heavy (non-hydrogen) atoms. The highest BCUT2D eigenvalue weighted by molar-refractivity contribution is 7.15. The summed E-state index contributed by atoms with van der Waals surface area (Å²) < 4.78 is 0. The van der Waals surface area contributed by atoms with E-state index in [4.69, 9.17) is 0 Å². The molecule has 0 saturated carbocycles. The molecule has 0 spiro atoms. The van der Waals surface area contributed by atoms with E-state index in [9.17, 15) is 0 Å². The minimum atomic E-state index is 1.05. The zero-order chi connectivity index (χ0) is 10.1. The molecule has 0 atom stereocenters. The van der Waals surface area contributed by atoms with Gasteiger partial charge in [0.25, 0.3) is 0 Å². The third-order valence-electron chi connectivity index (χ3n) is 2.08. The zero-order valence-corrected chi connectivity index (χ0v) is 9.35. The van der Waals surface area contributed by atoms with Crippen LogP contribution in [-0.4, -0.2) is 9.97 Å². The Kier molecular flexibility index (Phi) is 2.33. The molecule has 0 bridgehead atoms. The first-order valence-corrected chi connectivity index (χ1v) is 5.35. The van der Waals surface area contributed by atoms with Gasteiger partial charge in [-0.3, -0.25) is 4.98 Å². The van der Waals surface area contributed by atoms with Gasteiger partial charge >= 0.3 is 0 Å². The highest BCUT2D eigenvalue weighted by atomic mass is 32.1. The summed E-state index contributed by atoms with van der Waals surface area (Å²) in [7, 11) is 0. The molecule has 2 nitrogen and oxygen atoms in total.